The minimum absolute atomic E-state index is 0.192. The van der Waals surface area contributed by atoms with E-state index in [0.717, 1.165) is 0 Å². The number of allylic oxidation sites excluding steroid dienone is 2. The van der Waals surface area contributed by atoms with E-state index in [4.69, 9.17) is 5.73 Å². The minimum atomic E-state index is -0.553. The molecular formula is C14H17N5O2. The van der Waals surface area contributed by atoms with Gasteiger partial charge in [0.05, 0.1) is 6.20 Å². The van der Waals surface area contributed by atoms with Crippen LogP contribution in [-0.2, 0) is 4.84 Å². The number of nitrogens with one attached hydrogen (secondary N) is 2. The van der Waals surface area contributed by atoms with Crippen LogP contribution in [0.25, 0.3) is 0 Å². The lowest BCUT2D eigenvalue weighted by atomic mass is 10.4. The molecule has 7 heteroatoms. The highest BCUT2D eigenvalue weighted by Gasteiger charge is 1.97. The number of aromatic nitrogens is 3. The van der Waals surface area contributed by atoms with Crippen LogP contribution in [0.15, 0.2) is 61.5 Å². The van der Waals surface area contributed by atoms with Crippen molar-refractivity contribution in [3.05, 3.63) is 72.9 Å². The number of nitrogens with two attached hydrogens (primary N) is 1. The summed E-state index contributed by atoms with van der Waals surface area (Å²) in [5.41, 5.74) is 8.80. The van der Waals surface area contributed by atoms with Crippen molar-refractivity contribution in [2.45, 2.75) is 6.92 Å². The van der Waals surface area contributed by atoms with Crippen LogP contribution in [0.1, 0.15) is 16.2 Å². The number of aryl methyl sites for hydroxylation is 1. The molecule has 0 bridgehead atoms. The van der Waals surface area contributed by atoms with Gasteiger partial charge in [-0.3, -0.25) is 9.78 Å². The monoisotopic (exact) mass is 287 g/mol. The van der Waals surface area contributed by atoms with Crippen LogP contribution in [-0.4, -0.2) is 20.9 Å². The highest BCUT2D eigenvalue weighted by Crippen LogP contribution is 1.86. The molecule has 0 saturated carbocycles. The van der Waals surface area contributed by atoms with Gasteiger partial charge in [0.2, 0.25) is 0 Å². The molecule has 0 atom stereocenters. The molecule has 0 fully saturated rings. The maximum Gasteiger partial charge on any atom is 0.268 e. The Hall–Kier alpha value is -3.09. The number of amides is 1. The smallest absolute Gasteiger partial charge is 0.268 e. The fourth-order valence-corrected chi connectivity index (χ4v) is 1.10. The molecule has 1 aliphatic heterocycles. The van der Waals surface area contributed by atoms with Crippen molar-refractivity contribution in [1.82, 2.24) is 20.4 Å². The maximum atomic E-state index is 10.3. The van der Waals surface area contributed by atoms with Gasteiger partial charge in [-0.15, -0.1) is 0 Å². The Morgan fingerprint density at radius 1 is 1.33 bits per heavy atom. The van der Waals surface area contributed by atoms with Crippen LogP contribution in [0.4, 0.5) is 0 Å². The van der Waals surface area contributed by atoms with Gasteiger partial charge in [-0.25, -0.2) is 10.5 Å². The molecule has 4 N–H and O–H groups in total. The van der Waals surface area contributed by atoms with Gasteiger partial charge in [-0.1, -0.05) is 0 Å². The van der Waals surface area contributed by atoms with Crippen molar-refractivity contribution < 1.29 is 9.63 Å². The SMILES string of the molecule is C1=CNOC=C1.Cc1ccc[nH]1.NC(=O)c1cnccn1. The molecule has 3 rings (SSSR count). The second-order valence-corrected chi connectivity index (χ2v) is 3.73. The fraction of sp³-hybridized carbons (Fsp3) is 0.0714. The zero-order valence-electron chi connectivity index (χ0n) is 11.6. The van der Waals surface area contributed by atoms with Crippen molar-refractivity contribution in [1.29, 1.82) is 0 Å². The van der Waals surface area contributed by atoms with Crippen LogP contribution >= 0.6 is 0 Å². The summed E-state index contributed by atoms with van der Waals surface area (Å²) in [7, 11) is 0. The molecule has 0 aromatic carbocycles. The van der Waals surface area contributed by atoms with Gasteiger partial charge < -0.3 is 15.6 Å². The number of primary amides is 1. The summed E-state index contributed by atoms with van der Waals surface area (Å²) in [5, 5.41) is 0. The third-order valence-corrected chi connectivity index (χ3v) is 2.06. The van der Waals surface area contributed by atoms with Gasteiger partial charge in [-0.2, -0.15) is 0 Å². The van der Waals surface area contributed by atoms with E-state index in [-0.39, 0.29) is 5.69 Å². The Morgan fingerprint density at radius 2 is 2.19 bits per heavy atom. The maximum absolute atomic E-state index is 10.3. The molecule has 2 aromatic heterocycles. The predicted octanol–water partition coefficient (Wildman–Crippen LogP) is 1.45. The number of hydrogen-bond acceptors (Lipinski definition) is 5. The predicted molar refractivity (Wildman–Crippen MR) is 78.6 cm³/mol. The van der Waals surface area contributed by atoms with Crippen LogP contribution in [0.3, 0.4) is 0 Å². The second kappa shape index (κ2) is 9.79. The summed E-state index contributed by atoms with van der Waals surface area (Å²) in [4.78, 5) is 25.2. The lowest BCUT2D eigenvalue weighted by molar-refractivity contribution is 0.0995. The minimum Gasteiger partial charge on any atom is -0.391 e. The molecule has 1 amide bonds. The van der Waals surface area contributed by atoms with Crippen LogP contribution in [0, 0.1) is 6.92 Å². The van der Waals surface area contributed by atoms with Crippen molar-refractivity contribution in [3.8, 4) is 0 Å². The zero-order valence-corrected chi connectivity index (χ0v) is 11.6. The first-order valence-corrected chi connectivity index (χ1v) is 6.09. The topological polar surface area (TPSA) is 106 Å². The van der Waals surface area contributed by atoms with Gasteiger partial charge in [0, 0.05) is 30.5 Å². The average molecular weight is 287 g/mol. The van der Waals surface area contributed by atoms with Crippen molar-refractivity contribution in [2.24, 2.45) is 5.73 Å². The number of hydroxylamine groups is 1. The Bertz CT molecular complexity index is 552. The lowest BCUT2D eigenvalue weighted by Gasteiger charge is -1.97. The number of hydrogen-bond donors (Lipinski definition) is 3. The Labute approximate surface area is 122 Å². The van der Waals surface area contributed by atoms with E-state index < -0.39 is 5.91 Å². The number of rotatable bonds is 1. The quantitative estimate of drug-likeness (QED) is 0.736. The van der Waals surface area contributed by atoms with Crippen LogP contribution < -0.4 is 11.2 Å². The van der Waals surface area contributed by atoms with Crippen molar-refractivity contribution in [2.75, 3.05) is 0 Å². The van der Waals surface area contributed by atoms with E-state index in [1.807, 2.05) is 31.3 Å². The van der Waals surface area contributed by atoms with E-state index in [1.165, 1.54) is 24.3 Å². The number of aromatic amines is 1. The molecule has 1 aliphatic rings. The van der Waals surface area contributed by atoms with E-state index in [0.29, 0.717) is 0 Å². The molecule has 0 saturated heterocycles. The molecule has 0 spiro atoms. The second-order valence-electron chi connectivity index (χ2n) is 3.73. The third-order valence-electron chi connectivity index (χ3n) is 2.06. The van der Waals surface area contributed by atoms with Crippen LogP contribution in [0.5, 0.6) is 0 Å². The van der Waals surface area contributed by atoms with Crippen LogP contribution in [0.2, 0.25) is 0 Å². The average Bonchev–Trinajstić information content (AvgIpc) is 3.02. The Morgan fingerprint density at radius 3 is 2.43 bits per heavy atom. The first-order valence-electron chi connectivity index (χ1n) is 6.09. The Kier molecular flexibility index (Phi) is 7.44. The molecule has 0 unspecified atom stereocenters. The van der Waals surface area contributed by atoms with E-state index >= 15 is 0 Å². The molecule has 110 valence electrons. The summed E-state index contributed by atoms with van der Waals surface area (Å²) >= 11 is 0. The lowest BCUT2D eigenvalue weighted by Crippen LogP contribution is -2.12. The van der Waals surface area contributed by atoms with E-state index in [2.05, 4.69) is 25.3 Å². The molecular weight excluding hydrogens is 270 g/mol. The summed E-state index contributed by atoms with van der Waals surface area (Å²) in [6.07, 6.45) is 13.1. The standard InChI is InChI=1S/C5H5N3O.C5H7N.C4H5NO/c6-5(9)4-3-7-1-2-8-4;1-5-3-2-4-6-5;1-2-4-6-5-3-1/h1-3H,(H2,6,9);2-4,6H,1H3;1-5H. The molecule has 21 heavy (non-hydrogen) atoms. The van der Waals surface area contributed by atoms with E-state index in [9.17, 15) is 4.79 Å². The fourth-order valence-electron chi connectivity index (χ4n) is 1.10. The Balaban J connectivity index is 0.000000163. The first-order chi connectivity index (χ1) is 10.2. The zero-order chi connectivity index (χ0) is 15.3. The van der Waals surface area contributed by atoms with Gasteiger partial charge in [0.25, 0.3) is 5.91 Å². The van der Waals surface area contributed by atoms with Gasteiger partial charge >= 0.3 is 0 Å². The number of H-pyrrole nitrogens is 1. The van der Waals surface area contributed by atoms with Crippen molar-refractivity contribution in [3.63, 3.8) is 0 Å². The normalized spacial score (nSPS) is 10.9. The van der Waals surface area contributed by atoms with Gasteiger partial charge in [0.15, 0.2) is 0 Å². The number of nitrogens with zero attached hydrogens (tertiary/aromatic N) is 2. The van der Waals surface area contributed by atoms with Crippen molar-refractivity contribution >= 4 is 5.91 Å². The third kappa shape index (κ3) is 7.83. The number of carbonyl (C=O) groups excluding carboxylic acids is 1. The molecule has 3 heterocycles. The first kappa shape index (κ1) is 16.0. The van der Waals surface area contributed by atoms with Gasteiger partial charge in [0.1, 0.15) is 12.0 Å². The molecule has 0 radical (unpaired) electrons. The molecule has 0 aliphatic carbocycles. The summed E-state index contributed by atoms with van der Waals surface area (Å²) in [6.45, 7) is 2.03. The summed E-state index contributed by atoms with van der Waals surface area (Å²) in [6, 6.07) is 4.01. The van der Waals surface area contributed by atoms with E-state index in [1.54, 1.807) is 18.5 Å². The molecule has 2 aromatic rings. The molecule has 7 nitrogen and oxygen atoms in total. The summed E-state index contributed by atoms with van der Waals surface area (Å²) < 4.78 is 0. The summed E-state index contributed by atoms with van der Waals surface area (Å²) in [5.74, 6) is -0.553. The highest BCUT2D eigenvalue weighted by atomic mass is 16.6. The van der Waals surface area contributed by atoms with Gasteiger partial charge in [-0.05, 0) is 31.2 Å². The largest absolute Gasteiger partial charge is 0.391 e. The number of carbonyl (C=O) groups is 1. The highest BCUT2D eigenvalue weighted by molar-refractivity contribution is 5.90.